The third kappa shape index (κ3) is 2.96. The molecular formula is C21H29NO4. The van der Waals surface area contributed by atoms with Crippen LogP contribution < -0.4 is 9.47 Å². The average molecular weight is 359 g/mol. The lowest BCUT2D eigenvalue weighted by atomic mass is 9.71. The second-order valence-corrected chi connectivity index (χ2v) is 7.82. The van der Waals surface area contributed by atoms with Crippen LogP contribution in [0.3, 0.4) is 0 Å². The quantitative estimate of drug-likeness (QED) is 0.771. The number of carbonyl (C=O) groups excluding carboxylic acids is 1. The molecule has 0 radical (unpaired) electrons. The highest BCUT2D eigenvalue weighted by molar-refractivity contribution is 5.79. The summed E-state index contributed by atoms with van der Waals surface area (Å²) in [5, 5.41) is 0. The van der Waals surface area contributed by atoms with Crippen molar-refractivity contribution < 1.29 is 19.0 Å². The Hall–Kier alpha value is -1.75. The Morgan fingerprint density at radius 1 is 1.23 bits per heavy atom. The van der Waals surface area contributed by atoms with Crippen molar-refractivity contribution in [2.45, 2.75) is 57.4 Å². The van der Waals surface area contributed by atoms with E-state index in [9.17, 15) is 4.79 Å². The molecule has 0 bridgehead atoms. The molecule has 26 heavy (non-hydrogen) atoms. The van der Waals surface area contributed by atoms with Crippen molar-refractivity contribution in [2.24, 2.45) is 0 Å². The SMILES string of the molecule is CCCOCC(=O)N1CC2(CCCC2)c2cc3c(cc2C1C)OCCO3. The van der Waals surface area contributed by atoms with Crippen LogP contribution in [0, 0.1) is 0 Å². The Kier molecular flexibility index (Phi) is 4.82. The smallest absolute Gasteiger partial charge is 0.249 e. The summed E-state index contributed by atoms with van der Waals surface area (Å²) in [6.07, 6.45) is 5.63. The zero-order valence-corrected chi connectivity index (χ0v) is 15.9. The van der Waals surface area contributed by atoms with Gasteiger partial charge < -0.3 is 19.1 Å². The zero-order chi connectivity index (χ0) is 18.1. The van der Waals surface area contributed by atoms with E-state index in [1.165, 1.54) is 24.0 Å². The van der Waals surface area contributed by atoms with Crippen molar-refractivity contribution in [3.63, 3.8) is 0 Å². The van der Waals surface area contributed by atoms with Gasteiger partial charge in [-0.3, -0.25) is 4.79 Å². The second-order valence-electron chi connectivity index (χ2n) is 7.82. The van der Waals surface area contributed by atoms with Crippen molar-refractivity contribution in [1.29, 1.82) is 0 Å². The number of ether oxygens (including phenoxy) is 3. The highest BCUT2D eigenvalue weighted by atomic mass is 16.6. The molecule has 142 valence electrons. The number of nitrogens with zero attached hydrogens (tertiary/aromatic N) is 1. The van der Waals surface area contributed by atoms with Crippen molar-refractivity contribution in [3.8, 4) is 11.5 Å². The summed E-state index contributed by atoms with van der Waals surface area (Å²) >= 11 is 0. The molecule has 2 aliphatic heterocycles. The lowest BCUT2D eigenvalue weighted by Gasteiger charge is -2.46. The van der Waals surface area contributed by atoms with Gasteiger partial charge in [-0.15, -0.1) is 0 Å². The van der Waals surface area contributed by atoms with Gasteiger partial charge in [-0.2, -0.15) is 0 Å². The standard InChI is InChI=1S/C21H29NO4/c1-3-8-24-13-20(23)22-14-21(6-4-5-7-21)17-12-19-18(25-9-10-26-19)11-16(17)15(22)2/h11-12,15H,3-10,13-14H2,1-2H3. The molecule has 4 rings (SSSR count). The molecule has 0 N–H and O–H groups in total. The van der Waals surface area contributed by atoms with E-state index in [0.29, 0.717) is 19.8 Å². The monoisotopic (exact) mass is 359 g/mol. The summed E-state index contributed by atoms with van der Waals surface area (Å²) in [5.74, 6) is 1.77. The van der Waals surface area contributed by atoms with Gasteiger partial charge >= 0.3 is 0 Å². The van der Waals surface area contributed by atoms with E-state index in [1.807, 2.05) is 4.90 Å². The molecule has 0 saturated heterocycles. The van der Waals surface area contributed by atoms with Gasteiger partial charge in [0.15, 0.2) is 11.5 Å². The number of rotatable bonds is 4. The molecule has 2 heterocycles. The van der Waals surface area contributed by atoms with Crippen molar-refractivity contribution in [2.75, 3.05) is 33.0 Å². The summed E-state index contributed by atoms with van der Waals surface area (Å²) in [6.45, 7) is 6.96. The van der Waals surface area contributed by atoms with E-state index in [2.05, 4.69) is 26.0 Å². The summed E-state index contributed by atoms with van der Waals surface area (Å²) in [4.78, 5) is 14.9. The number of benzene rings is 1. The topological polar surface area (TPSA) is 48.0 Å². The van der Waals surface area contributed by atoms with Crippen molar-refractivity contribution in [1.82, 2.24) is 4.90 Å². The third-order valence-corrected chi connectivity index (χ3v) is 6.13. The summed E-state index contributed by atoms with van der Waals surface area (Å²) in [5.41, 5.74) is 2.63. The van der Waals surface area contributed by atoms with E-state index < -0.39 is 0 Å². The van der Waals surface area contributed by atoms with Crippen LogP contribution in [0.5, 0.6) is 11.5 Å². The fourth-order valence-corrected chi connectivity index (χ4v) is 4.80. The van der Waals surface area contributed by atoms with Gasteiger partial charge in [0, 0.05) is 18.6 Å². The first-order chi connectivity index (χ1) is 12.6. The molecule has 1 aromatic rings. The number of amides is 1. The maximum Gasteiger partial charge on any atom is 0.249 e. The van der Waals surface area contributed by atoms with Crippen molar-refractivity contribution in [3.05, 3.63) is 23.3 Å². The first-order valence-corrected chi connectivity index (χ1v) is 9.96. The molecule has 1 spiro atoms. The lowest BCUT2D eigenvalue weighted by Crippen LogP contribution is -2.49. The Labute approximate surface area is 155 Å². The Morgan fingerprint density at radius 2 is 1.92 bits per heavy atom. The summed E-state index contributed by atoms with van der Waals surface area (Å²) in [7, 11) is 0. The minimum absolute atomic E-state index is 0.0322. The maximum absolute atomic E-state index is 12.9. The molecule has 0 aromatic heterocycles. The Morgan fingerprint density at radius 3 is 2.62 bits per heavy atom. The van der Waals surface area contributed by atoms with Gasteiger partial charge in [0.1, 0.15) is 19.8 Å². The van der Waals surface area contributed by atoms with E-state index >= 15 is 0 Å². The number of fused-ring (bicyclic) bond motifs is 3. The van der Waals surface area contributed by atoms with E-state index in [4.69, 9.17) is 14.2 Å². The zero-order valence-electron chi connectivity index (χ0n) is 15.9. The number of carbonyl (C=O) groups is 1. The van der Waals surface area contributed by atoms with Crippen LogP contribution in [0.25, 0.3) is 0 Å². The minimum atomic E-state index is 0.0322. The molecule has 1 unspecified atom stereocenters. The highest BCUT2D eigenvalue weighted by Gasteiger charge is 2.46. The predicted octanol–water partition coefficient (Wildman–Crippen LogP) is 3.60. The van der Waals surface area contributed by atoms with Crippen LogP contribution >= 0.6 is 0 Å². The molecule has 5 nitrogen and oxygen atoms in total. The van der Waals surface area contributed by atoms with Crippen LogP contribution in [-0.2, 0) is 14.9 Å². The summed E-state index contributed by atoms with van der Waals surface area (Å²) in [6, 6.07) is 4.34. The van der Waals surface area contributed by atoms with Crippen molar-refractivity contribution >= 4 is 5.91 Å². The Balaban J connectivity index is 1.69. The number of hydrogen-bond acceptors (Lipinski definition) is 4. The average Bonchev–Trinajstić information content (AvgIpc) is 3.13. The molecule has 1 saturated carbocycles. The van der Waals surface area contributed by atoms with Crippen LogP contribution in [0.1, 0.15) is 63.1 Å². The molecule has 1 amide bonds. The first kappa shape index (κ1) is 17.7. The van der Waals surface area contributed by atoms with Gasteiger partial charge in [-0.1, -0.05) is 19.8 Å². The van der Waals surface area contributed by atoms with Gasteiger partial charge in [0.05, 0.1) is 6.04 Å². The minimum Gasteiger partial charge on any atom is -0.486 e. The second kappa shape index (κ2) is 7.10. The Bertz CT molecular complexity index is 681. The molecule has 3 aliphatic rings. The molecule has 1 fully saturated rings. The van der Waals surface area contributed by atoms with Crippen LogP contribution in [0.4, 0.5) is 0 Å². The van der Waals surface area contributed by atoms with Gasteiger partial charge in [-0.25, -0.2) is 0 Å². The van der Waals surface area contributed by atoms with Crippen LogP contribution in [0.15, 0.2) is 12.1 Å². The van der Waals surface area contributed by atoms with E-state index in [-0.39, 0.29) is 24.0 Å². The maximum atomic E-state index is 12.9. The van der Waals surface area contributed by atoms with Gasteiger partial charge in [0.25, 0.3) is 0 Å². The fraction of sp³-hybridized carbons (Fsp3) is 0.667. The highest BCUT2D eigenvalue weighted by Crippen LogP contribution is 2.51. The largest absolute Gasteiger partial charge is 0.486 e. The lowest BCUT2D eigenvalue weighted by molar-refractivity contribution is -0.140. The van der Waals surface area contributed by atoms with Gasteiger partial charge in [-0.05, 0) is 49.4 Å². The normalized spacial score (nSPS) is 23.2. The molecule has 5 heteroatoms. The number of hydrogen-bond donors (Lipinski definition) is 0. The van der Waals surface area contributed by atoms with E-state index in [1.54, 1.807) is 0 Å². The fourth-order valence-electron chi connectivity index (χ4n) is 4.80. The first-order valence-electron chi connectivity index (χ1n) is 9.96. The predicted molar refractivity (Wildman–Crippen MR) is 98.8 cm³/mol. The van der Waals surface area contributed by atoms with Gasteiger partial charge in [0.2, 0.25) is 5.91 Å². The summed E-state index contributed by atoms with van der Waals surface area (Å²) < 4.78 is 17.2. The molecular weight excluding hydrogens is 330 g/mol. The van der Waals surface area contributed by atoms with Crippen LogP contribution in [-0.4, -0.2) is 43.8 Å². The van der Waals surface area contributed by atoms with E-state index in [0.717, 1.165) is 37.3 Å². The van der Waals surface area contributed by atoms with Crippen LogP contribution in [0.2, 0.25) is 0 Å². The molecule has 1 aliphatic carbocycles. The molecule has 1 atom stereocenters. The third-order valence-electron chi connectivity index (χ3n) is 6.13. The molecule has 1 aromatic carbocycles.